The van der Waals surface area contributed by atoms with Crippen molar-refractivity contribution in [2.24, 2.45) is 5.92 Å². The summed E-state index contributed by atoms with van der Waals surface area (Å²) >= 11 is 1.91. The van der Waals surface area contributed by atoms with Crippen LogP contribution in [0.25, 0.3) is 0 Å². The lowest BCUT2D eigenvalue weighted by Crippen LogP contribution is -2.36. The Morgan fingerprint density at radius 1 is 1.32 bits per heavy atom. The molecule has 1 aliphatic rings. The summed E-state index contributed by atoms with van der Waals surface area (Å²) in [6.07, 6.45) is 2.99. The second-order valence-electron chi connectivity index (χ2n) is 5.02. The number of piperidine rings is 1. The SMILES string of the molecule is CCOC(=O)C1CCN(Cc2ccc(CC)s2)CC1. The van der Waals surface area contributed by atoms with Crippen LogP contribution in [0, 0.1) is 5.92 Å². The van der Waals surface area contributed by atoms with E-state index in [9.17, 15) is 4.79 Å². The minimum atomic E-state index is -0.00783. The second kappa shape index (κ2) is 7.06. The van der Waals surface area contributed by atoms with Gasteiger partial charge in [-0.25, -0.2) is 0 Å². The van der Waals surface area contributed by atoms with E-state index >= 15 is 0 Å². The molecule has 2 rings (SSSR count). The molecular weight excluding hydrogens is 258 g/mol. The van der Waals surface area contributed by atoms with Crippen LogP contribution in [0.3, 0.4) is 0 Å². The zero-order valence-corrected chi connectivity index (χ0v) is 12.7. The van der Waals surface area contributed by atoms with Gasteiger partial charge in [-0.15, -0.1) is 11.3 Å². The van der Waals surface area contributed by atoms with Crippen LogP contribution in [0.2, 0.25) is 0 Å². The number of likely N-dealkylation sites (tertiary alicyclic amines) is 1. The van der Waals surface area contributed by atoms with Gasteiger partial charge in [-0.1, -0.05) is 6.92 Å². The molecule has 3 nitrogen and oxygen atoms in total. The molecule has 0 saturated carbocycles. The monoisotopic (exact) mass is 281 g/mol. The van der Waals surface area contributed by atoms with Crippen LogP contribution in [0.15, 0.2) is 12.1 Å². The Balaban J connectivity index is 1.78. The van der Waals surface area contributed by atoms with Crippen molar-refractivity contribution in [3.63, 3.8) is 0 Å². The van der Waals surface area contributed by atoms with Crippen LogP contribution in [-0.4, -0.2) is 30.6 Å². The molecule has 0 aromatic carbocycles. The zero-order valence-electron chi connectivity index (χ0n) is 11.9. The maximum Gasteiger partial charge on any atom is 0.309 e. The van der Waals surface area contributed by atoms with E-state index in [1.54, 1.807) is 0 Å². The maximum absolute atomic E-state index is 11.7. The molecule has 1 aromatic heterocycles. The third-order valence-electron chi connectivity index (χ3n) is 3.65. The highest BCUT2D eigenvalue weighted by atomic mass is 32.1. The minimum absolute atomic E-state index is 0.00783. The Labute approximate surface area is 119 Å². The molecule has 0 spiro atoms. The minimum Gasteiger partial charge on any atom is -0.466 e. The predicted molar refractivity (Wildman–Crippen MR) is 78.3 cm³/mol. The van der Waals surface area contributed by atoms with Gasteiger partial charge < -0.3 is 4.74 Å². The summed E-state index contributed by atoms with van der Waals surface area (Å²) < 4.78 is 5.10. The van der Waals surface area contributed by atoms with Crippen LogP contribution in [-0.2, 0) is 22.5 Å². The van der Waals surface area contributed by atoms with Crippen molar-refractivity contribution in [3.05, 3.63) is 21.9 Å². The fraction of sp³-hybridized carbons (Fsp3) is 0.667. The lowest BCUT2D eigenvalue weighted by atomic mass is 9.97. The number of aryl methyl sites for hydroxylation is 1. The third kappa shape index (κ3) is 4.05. The standard InChI is InChI=1S/C15H23NO2S/c1-3-13-5-6-14(19-13)11-16-9-7-12(8-10-16)15(17)18-4-2/h5-6,12H,3-4,7-11H2,1-2H3. The zero-order chi connectivity index (χ0) is 13.7. The van der Waals surface area contributed by atoms with Crippen molar-refractivity contribution in [2.45, 2.75) is 39.7 Å². The van der Waals surface area contributed by atoms with Crippen LogP contribution in [0.5, 0.6) is 0 Å². The molecule has 1 saturated heterocycles. The Morgan fingerprint density at radius 3 is 2.58 bits per heavy atom. The van der Waals surface area contributed by atoms with Crippen LogP contribution < -0.4 is 0 Å². The second-order valence-corrected chi connectivity index (χ2v) is 6.28. The first-order valence-corrected chi connectivity index (χ1v) is 8.01. The molecule has 4 heteroatoms. The van der Waals surface area contributed by atoms with E-state index < -0.39 is 0 Å². The molecule has 0 bridgehead atoms. The highest BCUT2D eigenvalue weighted by Crippen LogP contribution is 2.23. The molecular formula is C15H23NO2S. The van der Waals surface area contributed by atoms with Gasteiger partial charge in [-0.3, -0.25) is 9.69 Å². The number of hydrogen-bond acceptors (Lipinski definition) is 4. The first-order valence-electron chi connectivity index (χ1n) is 7.19. The third-order valence-corrected chi connectivity index (χ3v) is 4.87. The average molecular weight is 281 g/mol. The number of rotatable bonds is 5. The van der Waals surface area contributed by atoms with Crippen LogP contribution in [0.1, 0.15) is 36.4 Å². The van der Waals surface area contributed by atoms with Gasteiger partial charge in [0.15, 0.2) is 0 Å². The average Bonchev–Trinajstić information content (AvgIpc) is 2.87. The largest absolute Gasteiger partial charge is 0.466 e. The molecule has 0 amide bonds. The number of carbonyl (C=O) groups excluding carboxylic acids is 1. The van der Waals surface area contributed by atoms with E-state index in [0.717, 1.165) is 38.9 Å². The summed E-state index contributed by atoms with van der Waals surface area (Å²) in [5.41, 5.74) is 0. The molecule has 1 aliphatic heterocycles. The summed E-state index contributed by atoms with van der Waals surface area (Å²) in [5.74, 6) is 0.109. The van der Waals surface area contributed by atoms with Crippen LogP contribution in [0.4, 0.5) is 0 Å². The van der Waals surface area contributed by atoms with Crippen molar-refractivity contribution >= 4 is 17.3 Å². The van der Waals surface area contributed by atoms with Crippen molar-refractivity contribution in [1.29, 1.82) is 0 Å². The number of esters is 1. The van der Waals surface area contributed by atoms with Crippen LogP contribution >= 0.6 is 11.3 Å². The van der Waals surface area contributed by atoms with Crippen molar-refractivity contribution in [3.8, 4) is 0 Å². The highest BCUT2D eigenvalue weighted by molar-refractivity contribution is 7.11. The summed E-state index contributed by atoms with van der Waals surface area (Å²) in [5, 5.41) is 0. The Bertz CT molecular complexity index is 408. The summed E-state index contributed by atoms with van der Waals surface area (Å²) in [6.45, 7) is 7.59. The van der Waals surface area contributed by atoms with Gasteiger partial charge in [-0.2, -0.15) is 0 Å². The number of hydrogen-bond donors (Lipinski definition) is 0. The van der Waals surface area contributed by atoms with Crippen molar-refractivity contribution in [1.82, 2.24) is 4.90 Å². The summed E-state index contributed by atoms with van der Waals surface area (Å²) in [7, 11) is 0. The number of nitrogens with zero attached hydrogens (tertiary/aromatic N) is 1. The molecule has 2 heterocycles. The van der Waals surface area contributed by atoms with E-state index in [0.29, 0.717) is 6.61 Å². The topological polar surface area (TPSA) is 29.5 Å². The number of thiophene rings is 1. The molecule has 0 aliphatic carbocycles. The maximum atomic E-state index is 11.7. The van der Waals surface area contributed by atoms with Crippen molar-refractivity contribution in [2.75, 3.05) is 19.7 Å². The first-order chi connectivity index (χ1) is 9.22. The van der Waals surface area contributed by atoms with E-state index in [1.165, 1.54) is 9.75 Å². The predicted octanol–water partition coefficient (Wildman–Crippen LogP) is 3.09. The number of carbonyl (C=O) groups is 1. The Kier molecular flexibility index (Phi) is 5.40. The van der Waals surface area contributed by atoms with E-state index in [2.05, 4.69) is 24.0 Å². The Morgan fingerprint density at radius 2 is 2.00 bits per heavy atom. The smallest absolute Gasteiger partial charge is 0.309 e. The molecule has 19 heavy (non-hydrogen) atoms. The lowest BCUT2D eigenvalue weighted by Gasteiger charge is -2.30. The molecule has 0 unspecified atom stereocenters. The first kappa shape index (κ1) is 14.5. The lowest BCUT2D eigenvalue weighted by molar-refractivity contribution is -0.149. The molecule has 1 aromatic rings. The normalized spacial score (nSPS) is 17.6. The van der Waals surface area contributed by atoms with Gasteiger partial charge in [0, 0.05) is 16.3 Å². The highest BCUT2D eigenvalue weighted by Gasteiger charge is 2.25. The molecule has 106 valence electrons. The van der Waals surface area contributed by atoms with E-state index in [4.69, 9.17) is 4.74 Å². The van der Waals surface area contributed by atoms with E-state index in [-0.39, 0.29) is 11.9 Å². The van der Waals surface area contributed by atoms with Gasteiger partial charge in [0.1, 0.15) is 0 Å². The van der Waals surface area contributed by atoms with Gasteiger partial charge >= 0.3 is 5.97 Å². The Hall–Kier alpha value is -0.870. The van der Waals surface area contributed by atoms with Crippen molar-refractivity contribution < 1.29 is 9.53 Å². The quantitative estimate of drug-likeness (QED) is 0.777. The van der Waals surface area contributed by atoms with Gasteiger partial charge in [0.2, 0.25) is 0 Å². The molecule has 0 radical (unpaired) electrons. The van der Waals surface area contributed by atoms with Gasteiger partial charge in [-0.05, 0) is 51.4 Å². The number of ether oxygens (including phenoxy) is 1. The van der Waals surface area contributed by atoms with E-state index in [1.807, 2.05) is 18.3 Å². The fourth-order valence-electron chi connectivity index (χ4n) is 2.50. The summed E-state index contributed by atoms with van der Waals surface area (Å²) in [4.78, 5) is 17.0. The molecule has 0 N–H and O–H groups in total. The molecule has 0 atom stereocenters. The fourth-order valence-corrected chi connectivity index (χ4v) is 3.50. The van der Waals surface area contributed by atoms with Gasteiger partial charge in [0.05, 0.1) is 12.5 Å². The summed E-state index contributed by atoms with van der Waals surface area (Å²) in [6, 6.07) is 4.46. The van der Waals surface area contributed by atoms with Gasteiger partial charge in [0.25, 0.3) is 0 Å². The molecule has 1 fully saturated rings.